The summed E-state index contributed by atoms with van der Waals surface area (Å²) in [6.45, 7) is 20.3. The van der Waals surface area contributed by atoms with Crippen molar-refractivity contribution in [1.29, 1.82) is 0 Å². The number of rotatable bonds is 12. The van der Waals surface area contributed by atoms with Crippen LogP contribution < -0.4 is 10.4 Å². The first-order chi connectivity index (χ1) is 17.8. The fraction of sp³-hybridized carbons (Fsp3) is 0.657. The van der Waals surface area contributed by atoms with Gasteiger partial charge in [-0.1, -0.05) is 82.3 Å². The van der Waals surface area contributed by atoms with Crippen LogP contribution in [0.15, 0.2) is 54.6 Å². The zero-order chi connectivity index (χ0) is 28.1. The predicted octanol–water partition coefficient (Wildman–Crippen LogP) is 8.32. The van der Waals surface area contributed by atoms with Gasteiger partial charge in [0, 0.05) is 24.9 Å². The SMILES string of the molecule is CCC(CCC(C)(C)CC(CC)c1ccc(C(C)NC2CC(C)(C)[NH+]([O-])C(C)(C)C2)cc1)c1ccccc1. The largest absolute Gasteiger partial charge is 0.634 e. The number of hydrogen-bond acceptors (Lipinski definition) is 2. The summed E-state index contributed by atoms with van der Waals surface area (Å²) in [5.74, 6) is 1.24. The summed E-state index contributed by atoms with van der Waals surface area (Å²) in [5, 5.41) is 17.1. The lowest BCUT2D eigenvalue weighted by Gasteiger charge is -2.55. The van der Waals surface area contributed by atoms with Crippen molar-refractivity contribution >= 4 is 0 Å². The smallest absolute Gasteiger partial charge is 0.0936 e. The van der Waals surface area contributed by atoms with Crippen molar-refractivity contribution in [3.63, 3.8) is 0 Å². The van der Waals surface area contributed by atoms with Crippen molar-refractivity contribution in [3.8, 4) is 0 Å². The van der Waals surface area contributed by atoms with Crippen LogP contribution in [0.2, 0.25) is 0 Å². The summed E-state index contributed by atoms with van der Waals surface area (Å²) in [7, 11) is 0. The number of hydrogen-bond donors (Lipinski definition) is 2. The second-order valence-corrected chi connectivity index (χ2v) is 14.3. The average Bonchev–Trinajstić information content (AvgIpc) is 2.86. The molecule has 1 fully saturated rings. The molecule has 0 amide bonds. The van der Waals surface area contributed by atoms with Crippen molar-refractivity contribution in [1.82, 2.24) is 5.32 Å². The molecule has 1 saturated heterocycles. The van der Waals surface area contributed by atoms with E-state index in [0.717, 1.165) is 12.8 Å². The second-order valence-electron chi connectivity index (χ2n) is 14.3. The standard InChI is InChI=1S/C35H56N2O/c1-10-27(30-15-13-12-14-16-30)21-22-33(4,5)23-28(11-2)31-19-17-29(18-20-31)26(3)36-32-24-34(6,7)37(38)35(8,9)25-32/h12-20,26-28,32,36-37H,10-11,21-25H2,1-9H3. The quantitative estimate of drug-likeness (QED) is 0.276. The molecule has 1 heterocycles. The van der Waals surface area contributed by atoms with Crippen molar-refractivity contribution < 1.29 is 5.06 Å². The first kappa shape index (κ1) is 30.9. The Hall–Kier alpha value is -1.68. The van der Waals surface area contributed by atoms with E-state index in [4.69, 9.17) is 0 Å². The Morgan fingerprint density at radius 2 is 1.34 bits per heavy atom. The Kier molecular flexibility index (Phi) is 10.3. The van der Waals surface area contributed by atoms with Crippen LogP contribution in [0.1, 0.15) is 142 Å². The van der Waals surface area contributed by atoms with Gasteiger partial charge in [0.25, 0.3) is 0 Å². The van der Waals surface area contributed by atoms with Gasteiger partial charge >= 0.3 is 0 Å². The molecule has 2 aromatic carbocycles. The molecule has 2 aromatic rings. The van der Waals surface area contributed by atoms with Crippen LogP contribution in [0.4, 0.5) is 0 Å². The van der Waals surface area contributed by atoms with E-state index >= 15 is 0 Å². The fourth-order valence-electron chi connectivity index (χ4n) is 7.19. The lowest BCUT2D eigenvalue weighted by atomic mass is 9.74. The van der Waals surface area contributed by atoms with Crippen molar-refractivity contribution in [2.24, 2.45) is 5.41 Å². The number of piperidine rings is 1. The molecule has 0 radical (unpaired) electrons. The summed E-state index contributed by atoms with van der Waals surface area (Å²) in [6, 6.07) is 21.1. The Bertz CT molecular complexity index is 961. The maximum atomic E-state index is 12.8. The highest BCUT2D eigenvalue weighted by atomic mass is 16.5. The topological polar surface area (TPSA) is 39.5 Å². The molecule has 212 valence electrons. The van der Waals surface area contributed by atoms with Gasteiger partial charge in [0.15, 0.2) is 0 Å². The molecule has 0 spiro atoms. The van der Waals surface area contributed by atoms with Gasteiger partial charge in [-0.2, -0.15) is 0 Å². The van der Waals surface area contributed by atoms with Crippen LogP contribution in [-0.4, -0.2) is 17.1 Å². The molecule has 3 atom stereocenters. The molecular weight excluding hydrogens is 464 g/mol. The molecule has 0 bridgehead atoms. The minimum atomic E-state index is -0.262. The monoisotopic (exact) mass is 520 g/mol. The highest BCUT2D eigenvalue weighted by molar-refractivity contribution is 5.28. The van der Waals surface area contributed by atoms with Crippen LogP contribution in [0.3, 0.4) is 0 Å². The van der Waals surface area contributed by atoms with Gasteiger partial charge in [-0.25, -0.2) is 0 Å². The zero-order valence-electron chi connectivity index (χ0n) is 25.9. The Morgan fingerprint density at radius 3 is 1.87 bits per heavy atom. The predicted molar refractivity (Wildman–Crippen MR) is 164 cm³/mol. The van der Waals surface area contributed by atoms with E-state index in [1.807, 2.05) is 0 Å². The highest BCUT2D eigenvalue weighted by Crippen LogP contribution is 2.40. The van der Waals surface area contributed by atoms with Crippen LogP contribution >= 0.6 is 0 Å². The first-order valence-electron chi connectivity index (χ1n) is 15.2. The third kappa shape index (κ3) is 7.93. The molecule has 2 N–H and O–H groups in total. The number of hydroxylamine groups is 2. The number of nitrogens with one attached hydrogen (secondary N) is 2. The van der Waals surface area contributed by atoms with Crippen molar-refractivity contribution in [3.05, 3.63) is 76.5 Å². The molecule has 0 aliphatic carbocycles. The molecule has 3 nitrogen and oxygen atoms in total. The summed E-state index contributed by atoms with van der Waals surface area (Å²) in [6.07, 6.45) is 7.94. The zero-order valence-corrected chi connectivity index (χ0v) is 25.9. The molecule has 38 heavy (non-hydrogen) atoms. The van der Waals surface area contributed by atoms with E-state index in [0.29, 0.717) is 28.4 Å². The number of quaternary nitrogens is 1. The molecular formula is C35H56N2O. The molecule has 3 rings (SSSR count). The maximum Gasteiger partial charge on any atom is 0.0936 e. The van der Waals surface area contributed by atoms with Gasteiger partial charge in [0.1, 0.15) is 0 Å². The van der Waals surface area contributed by atoms with Crippen molar-refractivity contribution in [2.75, 3.05) is 0 Å². The van der Waals surface area contributed by atoms with Gasteiger partial charge in [0.05, 0.1) is 11.1 Å². The summed E-state index contributed by atoms with van der Waals surface area (Å²) in [5.41, 5.74) is 4.09. The minimum Gasteiger partial charge on any atom is -0.634 e. The highest BCUT2D eigenvalue weighted by Gasteiger charge is 2.45. The summed E-state index contributed by atoms with van der Waals surface area (Å²) in [4.78, 5) is 0. The lowest BCUT2D eigenvalue weighted by molar-refractivity contribution is -0.955. The van der Waals surface area contributed by atoms with Gasteiger partial charge in [-0.05, 0) is 101 Å². The average molecular weight is 521 g/mol. The van der Waals surface area contributed by atoms with Gasteiger partial charge in [-0.15, -0.1) is 0 Å². The molecule has 0 saturated carbocycles. The van der Waals surface area contributed by atoms with Crippen LogP contribution in [0.25, 0.3) is 0 Å². The van der Waals surface area contributed by atoms with E-state index in [1.165, 1.54) is 48.8 Å². The van der Waals surface area contributed by atoms with E-state index < -0.39 is 0 Å². The third-order valence-corrected chi connectivity index (χ3v) is 9.36. The van der Waals surface area contributed by atoms with E-state index in [-0.39, 0.29) is 17.1 Å². The van der Waals surface area contributed by atoms with E-state index in [2.05, 4.69) is 122 Å². The fourth-order valence-corrected chi connectivity index (χ4v) is 7.19. The molecule has 3 heteroatoms. The van der Waals surface area contributed by atoms with Crippen molar-refractivity contribution in [2.45, 2.75) is 142 Å². The summed E-state index contributed by atoms with van der Waals surface area (Å²) >= 11 is 0. The van der Waals surface area contributed by atoms with Crippen LogP contribution in [0.5, 0.6) is 0 Å². The molecule has 0 aromatic heterocycles. The summed E-state index contributed by atoms with van der Waals surface area (Å²) < 4.78 is 0. The Labute approximate surface area is 234 Å². The number of benzene rings is 2. The first-order valence-corrected chi connectivity index (χ1v) is 15.2. The Morgan fingerprint density at radius 1 is 0.842 bits per heavy atom. The third-order valence-electron chi connectivity index (χ3n) is 9.36. The molecule has 1 aliphatic heterocycles. The lowest BCUT2D eigenvalue weighted by Crippen LogP contribution is -3.23. The second kappa shape index (κ2) is 12.7. The molecule has 1 aliphatic rings. The van der Waals surface area contributed by atoms with Gasteiger partial charge in [-0.3, -0.25) is 0 Å². The maximum absolute atomic E-state index is 12.8. The van der Waals surface area contributed by atoms with E-state index in [1.54, 1.807) is 0 Å². The van der Waals surface area contributed by atoms with E-state index in [9.17, 15) is 5.21 Å². The molecule has 3 unspecified atom stereocenters. The van der Waals surface area contributed by atoms with Crippen LogP contribution in [0, 0.1) is 10.6 Å². The minimum absolute atomic E-state index is 0.262. The normalized spacial score (nSPS) is 23.5. The van der Waals surface area contributed by atoms with Crippen LogP contribution in [-0.2, 0) is 0 Å². The van der Waals surface area contributed by atoms with Gasteiger partial charge in [0.2, 0.25) is 0 Å². The Balaban J connectivity index is 1.60. The van der Waals surface area contributed by atoms with Gasteiger partial charge < -0.3 is 15.6 Å².